The number of rotatable bonds is 5. The number of nitrogens with zero attached hydrogens (tertiary/aromatic N) is 3. The molecule has 6 nitrogen and oxygen atoms in total. The Morgan fingerprint density at radius 2 is 2.32 bits per heavy atom. The fourth-order valence-electron chi connectivity index (χ4n) is 1.58. The summed E-state index contributed by atoms with van der Waals surface area (Å²) in [6.45, 7) is 1.92. The van der Waals surface area contributed by atoms with Gasteiger partial charge in [-0.05, 0) is 6.42 Å². The number of methoxy groups -OCH3 is 1. The van der Waals surface area contributed by atoms with Gasteiger partial charge >= 0.3 is 5.97 Å². The predicted octanol–water partition coefficient (Wildman–Crippen LogP) is 1.95. The molecule has 0 spiro atoms. The van der Waals surface area contributed by atoms with Crippen LogP contribution in [0.15, 0.2) is 29.3 Å². The van der Waals surface area contributed by atoms with Gasteiger partial charge in [-0.2, -0.15) is 0 Å². The summed E-state index contributed by atoms with van der Waals surface area (Å²) in [5.41, 5.74) is 2.13. The Morgan fingerprint density at radius 3 is 3.05 bits per heavy atom. The van der Waals surface area contributed by atoms with Crippen LogP contribution in [0.3, 0.4) is 0 Å². The van der Waals surface area contributed by atoms with Crippen molar-refractivity contribution < 1.29 is 9.53 Å². The van der Waals surface area contributed by atoms with Gasteiger partial charge in [0.25, 0.3) is 0 Å². The third-order valence-electron chi connectivity index (χ3n) is 2.57. The van der Waals surface area contributed by atoms with E-state index in [0.717, 1.165) is 10.5 Å². The third-order valence-corrected chi connectivity index (χ3v) is 3.48. The van der Waals surface area contributed by atoms with Gasteiger partial charge in [0.15, 0.2) is 5.65 Å². The van der Waals surface area contributed by atoms with Gasteiger partial charge in [-0.1, -0.05) is 24.8 Å². The Kier molecular flexibility index (Phi) is 4.51. The molecule has 0 atom stereocenters. The molecule has 0 saturated carbocycles. The van der Waals surface area contributed by atoms with Gasteiger partial charge < -0.3 is 9.72 Å². The molecule has 0 unspecified atom stereocenters. The largest absolute Gasteiger partial charge is 0.466 e. The minimum Gasteiger partial charge on any atom is -0.466 e. The molecule has 0 amide bonds. The summed E-state index contributed by atoms with van der Waals surface area (Å²) in [6, 6.07) is 0. The number of aromatic amines is 1. The SMILES string of the molecule is CCC(=CCSc1ncnc2nc[nH]c12)C(=O)OC. The van der Waals surface area contributed by atoms with Crippen LogP contribution in [0.5, 0.6) is 0 Å². The van der Waals surface area contributed by atoms with E-state index >= 15 is 0 Å². The van der Waals surface area contributed by atoms with Crippen LogP contribution in [0.1, 0.15) is 13.3 Å². The number of thioether (sulfide) groups is 1. The number of nitrogens with one attached hydrogen (secondary N) is 1. The van der Waals surface area contributed by atoms with Crippen molar-refractivity contribution in [2.75, 3.05) is 12.9 Å². The van der Waals surface area contributed by atoms with Gasteiger partial charge in [-0.15, -0.1) is 0 Å². The summed E-state index contributed by atoms with van der Waals surface area (Å²) in [6.07, 6.45) is 5.58. The van der Waals surface area contributed by atoms with Crippen LogP contribution in [0.4, 0.5) is 0 Å². The quantitative estimate of drug-likeness (QED) is 0.390. The highest BCUT2D eigenvalue weighted by atomic mass is 32.2. The van der Waals surface area contributed by atoms with Crippen molar-refractivity contribution in [2.45, 2.75) is 18.4 Å². The lowest BCUT2D eigenvalue weighted by molar-refractivity contribution is -0.136. The van der Waals surface area contributed by atoms with Crippen LogP contribution in [-0.2, 0) is 9.53 Å². The molecule has 100 valence electrons. The van der Waals surface area contributed by atoms with Crippen molar-refractivity contribution in [1.82, 2.24) is 19.9 Å². The highest BCUT2D eigenvalue weighted by Gasteiger charge is 2.08. The number of carbonyl (C=O) groups is 1. The molecule has 2 rings (SSSR count). The Hall–Kier alpha value is -1.89. The Morgan fingerprint density at radius 1 is 1.47 bits per heavy atom. The van der Waals surface area contributed by atoms with Gasteiger partial charge in [0.2, 0.25) is 0 Å². The number of esters is 1. The predicted molar refractivity (Wildman–Crippen MR) is 72.8 cm³/mol. The summed E-state index contributed by atoms with van der Waals surface area (Å²) < 4.78 is 4.71. The summed E-state index contributed by atoms with van der Waals surface area (Å²) in [5.74, 6) is 0.362. The van der Waals surface area contributed by atoms with E-state index in [4.69, 9.17) is 4.74 Å². The molecular formula is C12H14N4O2S. The van der Waals surface area contributed by atoms with E-state index in [2.05, 4.69) is 19.9 Å². The van der Waals surface area contributed by atoms with Gasteiger partial charge in [-0.3, -0.25) is 0 Å². The molecule has 1 N–H and O–H groups in total. The first-order valence-corrected chi connectivity index (χ1v) is 6.79. The minimum absolute atomic E-state index is 0.280. The summed E-state index contributed by atoms with van der Waals surface area (Å²) in [5, 5.41) is 0.819. The standard InChI is InChI=1S/C12H14N4O2S/c1-3-8(12(17)18-2)4-5-19-11-9-10(14-6-13-9)15-7-16-11/h4,6-7H,3,5H2,1-2H3,(H,13,14,15,16). The molecular weight excluding hydrogens is 264 g/mol. The van der Waals surface area contributed by atoms with E-state index in [1.54, 1.807) is 6.33 Å². The maximum Gasteiger partial charge on any atom is 0.333 e. The lowest BCUT2D eigenvalue weighted by Crippen LogP contribution is -2.04. The lowest BCUT2D eigenvalue weighted by atomic mass is 10.2. The van der Waals surface area contributed by atoms with Crippen LogP contribution in [0, 0.1) is 0 Å². The second-order valence-electron chi connectivity index (χ2n) is 3.67. The lowest BCUT2D eigenvalue weighted by Gasteiger charge is -2.02. The van der Waals surface area contributed by atoms with Crippen molar-refractivity contribution >= 4 is 28.9 Å². The normalized spacial score (nSPS) is 11.8. The Balaban J connectivity index is 2.08. The summed E-state index contributed by atoms with van der Waals surface area (Å²) in [7, 11) is 1.39. The third kappa shape index (κ3) is 3.11. The maximum atomic E-state index is 11.4. The number of imidazole rings is 1. The number of fused-ring (bicyclic) bond motifs is 1. The minimum atomic E-state index is -0.280. The fraction of sp³-hybridized carbons (Fsp3) is 0.333. The molecule has 0 bridgehead atoms. The first kappa shape index (κ1) is 13.5. The van der Waals surface area contributed by atoms with E-state index in [-0.39, 0.29) is 5.97 Å². The summed E-state index contributed by atoms with van der Waals surface area (Å²) in [4.78, 5) is 26.7. The maximum absolute atomic E-state index is 11.4. The number of hydrogen-bond acceptors (Lipinski definition) is 6. The van der Waals surface area contributed by atoms with E-state index in [9.17, 15) is 4.79 Å². The molecule has 0 fully saturated rings. The van der Waals surface area contributed by atoms with Gasteiger partial charge in [-0.25, -0.2) is 19.7 Å². The van der Waals surface area contributed by atoms with Crippen molar-refractivity contribution in [3.8, 4) is 0 Å². The van der Waals surface area contributed by atoms with Crippen LogP contribution >= 0.6 is 11.8 Å². The smallest absolute Gasteiger partial charge is 0.333 e. The van der Waals surface area contributed by atoms with E-state index < -0.39 is 0 Å². The molecule has 0 aliphatic rings. The molecule has 0 saturated heterocycles. The molecule has 0 radical (unpaired) electrons. The molecule has 2 aromatic heterocycles. The zero-order valence-corrected chi connectivity index (χ0v) is 11.5. The molecule has 2 heterocycles. The molecule has 0 aliphatic carbocycles. The van der Waals surface area contributed by atoms with Crippen LogP contribution in [0.2, 0.25) is 0 Å². The molecule has 19 heavy (non-hydrogen) atoms. The average molecular weight is 278 g/mol. The highest BCUT2D eigenvalue weighted by Crippen LogP contribution is 2.22. The molecule has 2 aromatic rings. The van der Waals surface area contributed by atoms with Gasteiger partial charge in [0, 0.05) is 11.3 Å². The molecule has 0 aliphatic heterocycles. The average Bonchev–Trinajstić information content (AvgIpc) is 2.92. The van der Waals surface area contributed by atoms with Gasteiger partial charge in [0.05, 0.1) is 13.4 Å². The second kappa shape index (κ2) is 6.33. The fourth-order valence-corrected chi connectivity index (χ4v) is 2.44. The molecule has 0 aromatic carbocycles. The number of ether oxygens (including phenoxy) is 1. The zero-order valence-electron chi connectivity index (χ0n) is 10.7. The topological polar surface area (TPSA) is 80.8 Å². The first-order chi connectivity index (χ1) is 9.26. The monoisotopic (exact) mass is 278 g/mol. The van der Waals surface area contributed by atoms with Crippen molar-refractivity contribution in [2.24, 2.45) is 0 Å². The van der Waals surface area contributed by atoms with Crippen LogP contribution in [0.25, 0.3) is 11.2 Å². The van der Waals surface area contributed by atoms with Gasteiger partial charge in [0.1, 0.15) is 16.9 Å². The van der Waals surface area contributed by atoms with E-state index in [1.807, 2.05) is 13.0 Å². The summed E-state index contributed by atoms with van der Waals surface area (Å²) >= 11 is 1.52. The van der Waals surface area contributed by atoms with Crippen LogP contribution in [-0.4, -0.2) is 38.8 Å². The number of H-pyrrole nitrogens is 1. The van der Waals surface area contributed by atoms with E-state index in [1.165, 1.54) is 25.2 Å². The number of hydrogen-bond donors (Lipinski definition) is 1. The molecule has 7 heteroatoms. The first-order valence-electron chi connectivity index (χ1n) is 5.80. The second-order valence-corrected chi connectivity index (χ2v) is 4.67. The van der Waals surface area contributed by atoms with Crippen molar-refractivity contribution in [3.05, 3.63) is 24.3 Å². The van der Waals surface area contributed by atoms with Crippen molar-refractivity contribution in [1.29, 1.82) is 0 Å². The zero-order chi connectivity index (χ0) is 13.7. The highest BCUT2D eigenvalue weighted by molar-refractivity contribution is 7.99. The number of aromatic nitrogens is 4. The number of carbonyl (C=O) groups excluding carboxylic acids is 1. The van der Waals surface area contributed by atoms with E-state index in [0.29, 0.717) is 23.4 Å². The van der Waals surface area contributed by atoms with Crippen molar-refractivity contribution in [3.63, 3.8) is 0 Å². The Labute approximate surface area is 114 Å². The van der Waals surface area contributed by atoms with Crippen LogP contribution < -0.4 is 0 Å². The Bertz CT molecular complexity index is 609.